The van der Waals surface area contributed by atoms with E-state index in [4.69, 9.17) is 18.9 Å². The zero-order valence-electron chi connectivity index (χ0n) is 41.5. The van der Waals surface area contributed by atoms with Crippen molar-refractivity contribution < 1.29 is 92.9 Å². The zero-order valence-corrected chi connectivity index (χ0v) is 43.5. The van der Waals surface area contributed by atoms with Crippen LogP contribution in [0.5, 0.6) is 0 Å². The second kappa shape index (κ2) is 28.8. The molecule has 0 unspecified atom stereocenters. The number of hydrogen-bond acceptors (Lipinski definition) is 13. The quantitative estimate of drug-likeness (QED) is 0.0418. The molecule has 3 fully saturated rings. The van der Waals surface area contributed by atoms with Gasteiger partial charge in [0, 0.05) is 52.0 Å². The molecule has 0 aromatic heterocycles. The summed E-state index contributed by atoms with van der Waals surface area (Å²) in [6.45, 7) is 12.9. The number of nitrogens with zero attached hydrogens (tertiary/aromatic N) is 1. The molecule has 14 nitrogen and oxygen atoms in total. The number of carboxylic acids is 1. The van der Waals surface area contributed by atoms with Crippen LogP contribution in [-0.4, -0.2) is 126 Å². The molecule has 15 heteroatoms. The molecule has 3 N–H and O–H groups in total. The first-order valence-electron chi connectivity index (χ1n) is 23.5. The van der Waals surface area contributed by atoms with Gasteiger partial charge in [0.2, 0.25) is 5.79 Å². The van der Waals surface area contributed by atoms with Crippen molar-refractivity contribution >= 4 is 29.2 Å². The van der Waals surface area contributed by atoms with Crippen LogP contribution in [-0.2, 0) is 42.9 Å². The number of carbonyl (C=O) groups excluding carboxylic acids is 5. The van der Waals surface area contributed by atoms with Crippen molar-refractivity contribution in [2.45, 2.75) is 168 Å². The number of Topliss-reactive ketones (excluding diaryl/α,β-unsaturated/α-hetero) is 2. The van der Waals surface area contributed by atoms with Crippen LogP contribution in [0.2, 0.25) is 0 Å². The Morgan fingerprint density at radius 3 is 2.21 bits per heavy atom. The molecule has 0 aromatic rings. The summed E-state index contributed by atoms with van der Waals surface area (Å²) in [5.41, 5.74) is 1.34. The smallest absolute Gasteiger partial charge is 0.548 e. The summed E-state index contributed by atoms with van der Waals surface area (Å²) in [4.78, 5) is 65.8. The maximum atomic E-state index is 13.5. The van der Waals surface area contributed by atoms with Gasteiger partial charge in [0.1, 0.15) is 12.2 Å². The Labute approximate surface area is 415 Å². The standard InChI is InChI=1S/C51H79NO13.Na/c1-31(26-35(5)45(55)47(64-10)46(56)36(6)28-34(4)41(53)23-19-32(2)27-38-21-24-42(54)44(29-38)63-9)16-12-11-13-17-33(3)43(62-8)30-39-22-20-37(7)51(61,65-39)48(57)49(58)52-25-15-14-18-40(52)50(59)60;/h11-13,16-17,19,23,28,31-32,34-35,37-40,42-44,46-47,54,56,61H,14-15,18,20-22,24-27,29-30H2,1-10H3,(H,59,60);/q;+1/p-1/b13-11+,16-12?,23-19+,33-17+,36-28+;/t31-,32+,34-,35-,37-,38+,39+,40+,42-,43+,44-,46-,47+,51-;/m1./s1. The number of carbonyl (C=O) groups is 5. The summed E-state index contributed by atoms with van der Waals surface area (Å²) in [6.07, 6.45) is 17.1. The van der Waals surface area contributed by atoms with Gasteiger partial charge in [0.15, 0.2) is 11.6 Å². The number of carboxylic acid groups (broad SMARTS) is 1. The molecule has 366 valence electrons. The van der Waals surface area contributed by atoms with Crippen LogP contribution in [0.1, 0.15) is 119 Å². The van der Waals surface area contributed by atoms with Gasteiger partial charge in [0.05, 0.1) is 36.4 Å². The Bertz CT molecular complexity index is 1760. The van der Waals surface area contributed by atoms with Crippen LogP contribution < -0.4 is 34.7 Å². The first-order valence-corrected chi connectivity index (χ1v) is 23.5. The summed E-state index contributed by atoms with van der Waals surface area (Å²) < 4.78 is 22.6. The predicted molar refractivity (Wildman–Crippen MR) is 245 cm³/mol. The number of ether oxygens (including phenoxy) is 4. The summed E-state index contributed by atoms with van der Waals surface area (Å²) in [7, 11) is 4.57. The first kappa shape index (κ1) is 59.5. The van der Waals surface area contributed by atoms with Crippen LogP contribution in [0.15, 0.2) is 59.8 Å². The van der Waals surface area contributed by atoms with E-state index in [1.54, 1.807) is 47.1 Å². The Kier molecular flexibility index (Phi) is 25.9. The van der Waals surface area contributed by atoms with E-state index in [2.05, 4.69) is 6.92 Å². The van der Waals surface area contributed by atoms with Crippen LogP contribution >= 0.6 is 0 Å². The number of hydrogen-bond donors (Lipinski definition) is 3. The number of amides is 1. The second-order valence-electron chi connectivity index (χ2n) is 19.0. The second-order valence-corrected chi connectivity index (χ2v) is 19.0. The minimum atomic E-state index is -2.40. The number of methoxy groups -OCH3 is 3. The third-order valence-corrected chi connectivity index (χ3v) is 13.7. The number of likely N-dealkylation sites (tertiary alicyclic amines) is 1. The van der Waals surface area contributed by atoms with E-state index in [-0.39, 0.29) is 72.0 Å². The fourth-order valence-corrected chi connectivity index (χ4v) is 9.47. The van der Waals surface area contributed by atoms with Crippen molar-refractivity contribution in [1.82, 2.24) is 4.90 Å². The molecule has 1 aliphatic carbocycles. The third-order valence-electron chi connectivity index (χ3n) is 13.7. The topological polar surface area (TPSA) is 209 Å². The van der Waals surface area contributed by atoms with Crippen LogP contribution in [0.4, 0.5) is 0 Å². The number of piperidine rings is 1. The van der Waals surface area contributed by atoms with E-state index in [9.17, 15) is 44.4 Å². The van der Waals surface area contributed by atoms with E-state index in [1.807, 2.05) is 57.2 Å². The van der Waals surface area contributed by atoms with Gasteiger partial charge in [-0.3, -0.25) is 19.2 Å². The molecule has 2 saturated heterocycles. The largest absolute Gasteiger partial charge is 1.00 e. The molecule has 0 spiro atoms. The first-order chi connectivity index (χ1) is 30.7. The van der Waals surface area contributed by atoms with Gasteiger partial charge >= 0.3 is 29.6 Å². The minimum Gasteiger partial charge on any atom is -0.548 e. The van der Waals surface area contributed by atoms with E-state index < -0.39 is 77.8 Å². The summed E-state index contributed by atoms with van der Waals surface area (Å²) in [5.74, 6) is -7.43. The van der Waals surface area contributed by atoms with Gasteiger partial charge in [-0.1, -0.05) is 77.2 Å². The molecule has 14 atom stereocenters. The molecule has 0 aromatic carbocycles. The Morgan fingerprint density at radius 2 is 1.58 bits per heavy atom. The van der Waals surface area contributed by atoms with Crippen LogP contribution in [0, 0.1) is 35.5 Å². The van der Waals surface area contributed by atoms with E-state index >= 15 is 0 Å². The van der Waals surface area contributed by atoms with Gasteiger partial charge in [-0.15, -0.1) is 0 Å². The molecule has 3 aliphatic rings. The summed E-state index contributed by atoms with van der Waals surface area (Å²) in [6, 6.07) is -1.23. The van der Waals surface area contributed by atoms with Crippen LogP contribution in [0.25, 0.3) is 0 Å². The number of rotatable bonds is 24. The maximum absolute atomic E-state index is 13.5. The van der Waals surface area contributed by atoms with E-state index in [1.165, 1.54) is 7.11 Å². The monoisotopic (exact) mass is 936 g/mol. The minimum absolute atomic E-state index is 0. The molecular weight excluding hydrogens is 858 g/mol. The average Bonchev–Trinajstić information content (AvgIpc) is 3.28. The van der Waals surface area contributed by atoms with E-state index in [0.717, 1.165) is 29.7 Å². The molecule has 66 heavy (non-hydrogen) atoms. The number of allylic oxidation sites excluding steroid dienone is 8. The molecule has 0 radical (unpaired) electrons. The van der Waals surface area contributed by atoms with Gasteiger partial charge in [-0.25, -0.2) is 0 Å². The number of aliphatic carboxylic acids is 1. The third kappa shape index (κ3) is 17.1. The molecule has 2 aliphatic heterocycles. The van der Waals surface area contributed by atoms with Crippen molar-refractivity contribution in [2.75, 3.05) is 27.9 Å². The maximum Gasteiger partial charge on any atom is 1.00 e. The zero-order chi connectivity index (χ0) is 48.6. The number of ketones is 3. The van der Waals surface area contributed by atoms with Crippen molar-refractivity contribution in [2.24, 2.45) is 35.5 Å². The summed E-state index contributed by atoms with van der Waals surface area (Å²) in [5, 5.41) is 44.4. The van der Waals surface area contributed by atoms with E-state index in [0.29, 0.717) is 56.4 Å². The normalized spacial score (nSPS) is 28.9. The summed E-state index contributed by atoms with van der Waals surface area (Å²) >= 11 is 0. The Hall–Kier alpha value is -2.63. The number of aliphatic hydroxyl groups is 3. The Balaban J connectivity index is 0.0000150. The van der Waals surface area contributed by atoms with Gasteiger partial charge < -0.3 is 49.1 Å². The molecule has 0 bridgehead atoms. The predicted octanol–water partition coefficient (Wildman–Crippen LogP) is 2.18. The molecular formula is C51H78NNaO13. The van der Waals surface area contributed by atoms with Gasteiger partial charge in [-0.05, 0) is 113 Å². The van der Waals surface area contributed by atoms with Crippen molar-refractivity contribution in [3.63, 3.8) is 0 Å². The van der Waals surface area contributed by atoms with Crippen LogP contribution in [0.3, 0.4) is 0 Å². The van der Waals surface area contributed by atoms with Crippen molar-refractivity contribution in [1.29, 1.82) is 0 Å². The Morgan fingerprint density at radius 1 is 0.879 bits per heavy atom. The molecule has 1 amide bonds. The SMILES string of the molecule is CO[C@@H](C[C@@H]1CC[C@@H](C)[C@](O)(C(=O)C(=O)N2CCCC[C@H]2C(=O)[O-])O1)/C(C)=C/C=C/C=C[C@@H](C)C[C@@H](C)C(=O)[C@H](OC)[C@H](O)/C(C)=C/[C@@H](C)C(=O)/C=C/[C@H](C)C[C@@H]1CC[C@@H](O)[C@H](OC)C1.[Na+]. The fraction of sp³-hybridized carbons (Fsp3) is 0.706. The molecule has 3 rings (SSSR count). The molecule has 1 saturated carbocycles. The fourth-order valence-electron chi connectivity index (χ4n) is 9.47. The molecule has 2 heterocycles. The van der Waals surface area contributed by atoms with Crippen molar-refractivity contribution in [3.05, 3.63) is 59.8 Å². The number of aliphatic hydroxyl groups excluding tert-OH is 2. The van der Waals surface area contributed by atoms with Crippen molar-refractivity contribution in [3.8, 4) is 0 Å². The van der Waals surface area contributed by atoms with Gasteiger partial charge in [-0.2, -0.15) is 0 Å². The average molecular weight is 936 g/mol. The van der Waals surface area contributed by atoms with Gasteiger partial charge in [0.25, 0.3) is 11.7 Å².